The van der Waals surface area contributed by atoms with Crippen LogP contribution in [0.4, 0.5) is 0 Å². The van der Waals surface area contributed by atoms with Gasteiger partial charge in [0, 0.05) is 23.8 Å². The Hall–Kier alpha value is -1.49. The summed E-state index contributed by atoms with van der Waals surface area (Å²) in [4.78, 5) is 21.2. The van der Waals surface area contributed by atoms with Crippen molar-refractivity contribution in [1.82, 2.24) is 15.3 Å². The number of hydrogen-bond donors (Lipinski definition) is 1. The molecule has 0 aromatic carbocycles. The molecule has 2 aromatic heterocycles. The molecule has 2 aromatic rings. The molecule has 0 spiro atoms. The molecule has 2 fully saturated rings. The first kappa shape index (κ1) is 14.1. The molecular weight excluding hydrogens is 342 g/mol. The molecule has 114 valence electrons. The average Bonchev–Trinajstić information content (AvgIpc) is 3.27. The summed E-state index contributed by atoms with van der Waals surface area (Å²) in [5.41, 5.74) is 1.27. The van der Waals surface area contributed by atoms with E-state index in [-0.39, 0.29) is 5.91 Å². The van der Waals surface area contributed by atoms with Crippen molar-refractivity contribution in [3.63, 3.8) is 0 Å². The van der Waals surface area contributed by atoms with Gasteiger partial charge in [-0.2, -0.15) is 0 Å². The van der Waals surface area contributed by atoms with Crippen LogP contribution in [0.1, 0.15) is 42.6 Å². The molecule has 1 N–H and O–H groups in total. The normalized spacial score (nSPS) is 24.6. The van der Waals surface area contributed by atoms with Crippen molar-refractivity contribution in [2.24, 2.45) is 11.8 Å². The van der Waals surface area contributed by atoms with Crippen LogP contribution in [0, 0.1) is 11.8 Å². The highest BCUT2D eigenvalue weighted by atomic mass is 79.9. The van der Waals surface area contributed by atoms with Crippen molar-refractivity contribution < 1.29 is 4.79 Å². The molecule has 22 heavy (non-hydrogen) atoms. The van der Waals surface area contributed by atoms with Gasteiger partial charge < -0.3 is 5.32 Å². The molecule has 4 rings (SSSR count). The van der Waals surface area contributed by atoms with E-state index in [2.05, 4.69) is 31.2 Å². The van der Waals surface area contributed by atoms with E-state index in [0.29, 0.717) is 17.7 Å². The second kappa shape index (κ2) is 5.61. The molecule has 5 heteroatoms. The van der Waals surface area contributed by atoms with Gasteiger partial charge in [-0.25, -0.2) is 4.98 Å². The van der Waals surface area contributed by atoms with E-state index in [0.717, 1.165) is 27.7 Å². The zero-order valence-electron chi connectivity index (χ0n) is 12.3. The predicted molar refractivity (Wildman–Crippen MR) is 88.6 cm³/mol. The zero-order chi connectivity index (χ0) is 15.1. The second-order valence-corrected chi connectivity index (χ2v) is 7.26. The van der Waals surface area contributed by atoms with Crippen molar-refractivity contribution in [2.75, 3.05) is 0 Å². The first-order chi connectivity index (χ1) is 10.7. The van der Waals surface area contributed by atoms with E-state index >= 15 is 0 Å². The number of fused-ring (bicyclic) bond motifs is 1. The van der Waals surface area contributed by atoms with Crippen LogP contribution < -0.4 is 5.32 Å². The number of aromatic nitrogens is 2. The van der Waals surface area contributed by atoms with E-state index in [1.807, 2.05) is 6.07 Å². The van der Waals surface area contributed by atoms with E-state index in [1.54, 1.807) is 18.5 Å². The minimum atomic E-state index is -0.0526. The van der Waals surface area contributed by atoms with Crippen LogP contribution >= 0.6 is 15.9 Å². The van der Waals surface area contributed by atoms with Gasteiger partial charge in [0.1, 0.15) is 5.69 Å². The zero-order valence-corrected chi connectivity index (χ0v) is 13.8. The lowest BCUT2D eigenvalue weighted by molar-refractivity contribution is 0.0920. The molecule has 2 aliphatic rings. The fourth-order valence-corrected chi connectivity index (χ4v) is 4.07. The third kappa shape index (κ3) is 2.62. The average molecular weight is 360 g/mol. The minimum Gasteiger partial charge on any atom is -0.348 e. The molecule has 2 aliphatic carbocycles. The molecule has 2 atom stereocenters. The number of carbonyl (C=O) groups is 1. The molecule has 0 aliphatic heterocycles. The van der Waals surface area contributed by atoms with Crippen molar-refractivity contribution in [3.8, 4) is 0 Å². The van der Waals surface area contributed by atoms with Crippen LogP contribution in [-0.4, -0.2) is 21.9 Å². The van der Waals surface area contributed by atoms with Gasteiger partial charge in [-0.15, -0.1) is 0 Å². The van der Waals surface area contributed by atoms with Gasteiger partial charge in [0.05, 0.1) is 9.99 Å². The summed E-state index contributed by atoms with van der Waals surface area (Å²) in [5.74, 6) is 1.47. The van der Waals surface area contributed by atoms with Crippen LogP contribution in [-0.2, 0) is 0 Å². The van der Waals surface area contributed by atoms with Gasteiger partial charge in [-0.3, -0.25) is 9.78 Å². The Balaban J connectivity index is 1.56. The molecule has 0 radical (unpaired) electrons. The molecule has 0 bridgehead atoms. The fraction of sp³-hybridized carbons (Fsp3) is 0.471. The number of halogens is 1. The summed E-state index contributed by atoms with van der Waals surface area (Å²) in [7, 11) is 0. The number of nitrogens with zero attached hydrogens (tertiary/aromatic N) is 2. The lowest BCUT2D eigenvalue weighted by Gasteiger charge is -2.20. The number of pyridine rings is 2. The predicted octanol–water partition coefficient (Wildman–Crippen LogP) is 3.70. The Bertz CT molecular complexity index is 729. The number of carbonyl (C=O) groups excluding carboxylic acids is 1. The Kier molecular flexibility index (Phi) is 3.60. The van der Waals surface area contributed by atoms with Gasteiger partial charge >= 0.3 is 0 Å². The van der Waals surface area contributed by atoms with Crippen LogP contribution in [0.5, 0.6) is 0 Å². The number of amides is 1. The SMILES string of the molecule is O=C(NC1CCCC1C1CC1)c1ccc2cncc(Br)c2n1. The van der Waals surface area contributed by atoms with Gasteiger partial charge in [-0.05, 0) is 65.6 Å². The van der Waals surface area contributed by atoms with E-state index in [4.69, 9.17) is 0 Å². The van der Waals surface area contributed by atoms with Gasteiger partial charge in [-0.1, -0.05) is 6.42 Å². The number of hydrogen-bond acceptors (Lipinski definition) is 3. The second-order valence-electron chi connectivity index (χ2n) is 6.40. The lowest BCUT2D eigenvalue weighted by atomic mass is 9.98. The summed E-state index contributed by atoms with van der Waals surface area (Å²) < 4.78 is 0.816. The van der Waals surface area contributed by atoms with Crippen molar-refractivity contribution >= 4 is 32.7 Å². The van der Waals surface area contributed by atoms with Gasteiger partial charge in [0.25, 0.3) is 5.91 Å². The Morgan fingerprint density at radius 3 is 2.86 bits per heavy atom. The van der Waals surface area contributed by atoms with Crippen molar-refractivity contribution in [3.05, 3.63) is 34.7 Å². The minimum absolute atomic E-state index is 0.0526. The van der Waals surface area contributed by atoms with Crippen molar-refractivity contribution in [1.29, 1.82) is 0 Å². The summed E-state index contributed by atoms with van der Waals surface area (Å²) >= 11 is 3.45. The van der Waals surface area contributed by atoms with Crippen LogP contribution in [0.25, 0.3) is 10.9 Å². The van der Waals surface area contributed by atoms with Crippen LogP contribution in [0.3, 0.4) is 0 Å². The third-order valence-electron chi connectivity index (χ3n) is 4.90. The maximum absolute atomic E-state index is 12.5. The Morgan fingerprint density at radius 1 is 1.18 bits per heavy atom. The monoisotopic (exact) mass is 359 g/mol. The fourth-order valence-electron chi connectivity index (χ4n) is 3.63. The highest BCUT2D eigenvalue weighted by Gasteiger charge is 2.39. The first-order valence-electron chi connectivity index (χ1n) is 7.93. The maximum Gasteiger partial charge on any atom is 0.270 e. The molecule has 4 nitrogen and oxygen atoms in total. The van der Waals surface area contributed by atoms with Crippen LogP contribution in [0.2, 0.25) is 0 Å². The van der Waals surface area contributed by atoms with Gasteiger partial charge in [0.15, 0.2) is 0 Å². The van der Waals surface area contributed by atoms with Crippen LogP contribution in [0.15, 0.2) is 29.0 Å². The molecule has 1 amide bonds. The number of rotatable bonds is 3. The molecule has 0 saturated heterocycles. The number of nitrogens with one attached hydrogen (secondary N) is 1. The van der Waals surface area contributed by atoms with E-state index in [1.165, 1.54) is 25.7 Å². The lowest BCUT2D eigenvalue weighted by Crippen LogP contribution is -2.38. The van der Waals surface area contributed by atoms with E-state index in [9.17, 15) is 4.79 Å². The standard InChI is InChI=1S/C17H18BrN3O/c18-13-9-19-8-11-6-7-15(20-16(11)13)17(22)21-14-3-1-2-12(14)10-4-5-10/h6-10,12,14H,1-5H2,(H,21,22). The third-order valence-corrected chi connectivity index (χ3v) is 5.48. The summed E-state index contributed by atoms with van der Waals surface area (Å²) in [6.07, 6.45) is 9.74. The molecule has 2 saturated carbocycles. The molecule has 2 heterocycles. The summed E-state index contributed by atoms with van der Waals surface area (Å²) in [6.45, 7) is 0. The molecular formula is C17H18BrN3O. The topological polar surface area (TPSA) is 54.9 Å². The van der Waals surface area contributed by atoms with E-state index < -0.39 is 0 Å². The summed E-state index contributed by atoms with van der Waals surface area (Å²) in [6, 6.07) is 4.02. The molecule has 2 unspecified atom stereocenters. The maximum atomic E-state index is 12.5. The Morgan fingerprint density at radius 2 is 2.05 bits per heavy atom. The van der Waals surface area contributed by atoms with Crippen molar-refractivity contribution in [2.45, 2.75) is 38.1 Å². The quantitative estimate of drug-likeness (QED) is 0.908. The highest BCUT2D eigenvalue weighted by molar-refractivity contribution is 9.10. The van der Waals surface area contributed by atoms with Gasteiger partial charge in [0.2, 0.25) is 0 Å². The largest absolute Gasteiger partial charge is 0.348 e. The highest BCUT2D eigenvalue weighted by Crippen LogP contribution is 2.45. The summed E-state index contributed by atoms with van der Waals surface area (Å²) in [5, 5.41) is 4.15. The Labute approximate surface area is 137 Å². The smallest absolute Gasteiger partial charge is 0.270 e. The first-order valence-corrected chi connectivity index (χ1v) is 8.73.